The predicted octanol–water partition coefficient (Wildman–Crippen LogP) is 4.18. The van der Waals surface area contributed by atoms with Crippen LogP contribution in [0.2, 0.25) is 0 Å². The Hall–Kier alpha value is -3.03. The van der Waals surface area contributed by atoms with Gasteiger partial charge in [-0.3, -0.25) is 4.79 Å². The van der Waals surface area contributed by atoms with Crippen molar-refractivity contribution in [3.05, 3.63) is 39.4 Å². The number of ether oxygens (including phenoxy) is 1. The second-order valence-corrected chi connectivity index (χ2v) is 7.95. The highest BCUT2D eigenvalue weighted by atomic mass is 32.1. The van der Waals surface area contributed by atoms with E-state index in [-0.39, 0.29) is 24.5 Å². The fourth-order valence-electron chi connectivity index (χ4n) is 2.58. The van der Waals surface area contributed by atoms with Crippen LogP contribution in [0.25, 0.3) is 10.7 Å². The summed E-state index contributed by atoms with van der Waals surface area (Å²) in [7, 11) is 0. The molecule has 29 heavy (non-hydrogen) atoms. The Morgan fingerprint density at radius 2 is 2.24 bits per heavy atom. The maximum absolute atomic E-state index is 12.3. The van der Waals surface area contributed by atoms with Gasteiger partial charge in [0.25, 0.3) is 0 Å². The fourth-order valence-corrected chi connectivity index (χ4v) is 4.30. The normalized spacial score (nSPS) is 10.5. The maximum Gasteiger partial charge on any atom is 0.348 e. The number of aromatic nitrogens is 2. The molecule has 3 heterocycles. The molecule has 1 N–H and O–H groups in total. The zero-order chi connectivity index (χ0) is 20.8. The Balaban J connectivity index is 1.56. The quantitative estimate of drug-likeness (QED) is 0.533. The first-order valence-corrected chi connectivity index (χ1v) is 10.6. The molecular weight excluding hydrogens is 412 g/mol. The van der Waals surface area contributed by atoms with Crippen molar-refractivity contribution in [1.29, 1.82) is 5.26 Å². The Labute approximate surface area is 175 Å². The lowest BCUT2D eigenvalue weighted by Gasteiger charge is -2.02. The van der Waals surface area contributed by atoms with Crippen molar-refractivity contribution in [1.82, 2.24) is 10.1 Å². The summed E-state index contributed by atoms with van der Waals surface area (Å²) in [4.78, 5) is 29.8. The summed E-state index contributed by atoms with van der Waals surface area (Å²) in [5, 5.41) is 18.3. The van der Waals surface area contributed by atoms with E-state index in [1.54, 1.807) is 13.8 Å². The van der Waals surface area contributed by atoms with Crippen LogP contribution in [0, 0.1) is 18.3 Å². The summed E-state index contributed by atoms with van der Waals surface area (Å²) in [6.45, 7) is 3.61. The number of aryl methyl sites for hydroxylation is 1. The Bertz CT molecular complexity index is 1050. The molecule has 3 aromatic heterocycles. The topological polar surface area (TPSA) is 118 Å². The molecule has 0 aromatic carbocycles. The monoisotopic (exact) mass is 430 g/mol. The van der Waals surface area contributed by atoms with E-state index in [1.807, 2.05) is 23.6 Å². The van der Waals surface area contributed by atoms with Gasteiger partial charge in [0.2, 0.25) is 17.6 Å². The van der Waals surface area contributed by atoms with E-state index in [2.05, 4.69) is 15.5 Å². The van der Waals surface area contributed by atoms with Crippen molar-refractivity contribution in [3.8, 4) is 16.8 Å². The largest absolute Gasteiger partial charge is 0.462 e. The third kappa shape index (κ3) is 4.88. The molecule has 150 valence electrons. The number of nitrogens with one attached hydrogen (secondary N) is 1. The van der Waals surface area contributed by atoms with Crippen molar-refractivity contribution >= 4 is 39.6 Å². The molecule has 0 atom stereocenters. The Morgan fingerprint density at radius 3 is 2.93 bits per heavy atom. The minimum Gasteiger partial charge on any atom is -0.462 e. The lowest BCUT2D eigenvalue weighted by molar-refractivity contribution is -0.116. The number of esters is 1. The van der Waals surface area contributed by atoms with Crippen LogP contribution < -0.4 is 5.32 Å². The van der Waals surface area contributed by atoms with Gasteiger partial charge in [-0.2, -0.15) is 10.2 Å². The van der Waals surface area contributed by atoms with Gasteiger partial charge >= 0.3 is 5.97 Å². The smallest absolute Gasteiger partial charge is 0.348 e. The number of hydrogen-bond donors (Lipinski definition) is 1. The summed E-state index contributed by atoms with van der Waals surface area (Å²) >= 11 is 2.57. The molecule has 1 amide bonds. The van der Waals surface area contributed by atoms with Gasteiger partial charge in [-0.05, 0) is 37.3 Å². The van der Waals surface area contributed by atoms with E-state index in [4.69, 9.17) is 9.26 Å². The number of hydrogen-bond acceptors (Lipinski definition) is 9. The fraction of sp³-hybridized carbons (Fsp3) is 0.316. The van der Waals surface area contributed by atoms with Crippen LogP contribution in [0.4, 0.5) is 5.00 Å². The molecule has 10 heteroatoms. The van der Waals surface area contributed by atoms with Gasteiger partial charge in [-0.1, -0.05) is 11.2 Å². The predicted molar refractivity (Wildman–Crippen MR) is 109 cm³/mol. The van der Waals surface area contributed by atoms with E-state index in [9.17, 15) is 14.9 Å². The van der Waals surface area contributed by atoms with Crippen molar-refractivity contribution < 1.29 is 18.8 Å². The van der Waals surface area contributed by atoms with Crippen LogP contribution in [0.5, 0.6) is 0 Å². The first-order valence-electron chi connectivity index (χ1n) is 8.90. The van der Waals surface area contributed by atoms with Gasteiger partial charge in [-0.25, -0.2) is 4.79 Å². The number of anilines is 1. The summed E-state index contributed by atoms with van der Waals surface area (Å²) in [6, 6.07) is 5.86. The summed E-state index contributed by atoms with van der Waals surface area (Å²) in [5.74, 6) is 0.259. The molecule has 0 radical (unpaired) electrons. The molecular formula is C19H18N4O4S2. The van der Waals surface area contributed by atoms with Crippen molar-refractivity contribution in [2.24, 2.45) is 0 Å². The zero-order valence-corrected chi connectivity index (χ0v) is 17.5. The molecule has 0 bridgehead atoms. The lowest BCUT2D eigenvalue weighted by Crippen LogP contribution is -2.11. The molecule has 0 saturated carbocycles. The molecule has 0 spiro atoms. The highest BCUT2D eigenvalue weighted by Crippen LogP contribution is 2.33. The van der Waals surface area contributed by atoms with Gasteiger partial charge in [0.1, 0.15) is 15.9 Å². The number of rotatable bonds is 8. The molecule has 0 unspecified atom stereocenters. The van der Waals surface area contributed by atoms with Crippen LogP contribution in [0.1, 0.15) is 46.5 Å². The Kier molecular flexibility index (Phi) is 6.74. The molecule has 3 rings (SSSR count). The van der Waals surface area contributed by atoms with Crippen molar-refractivity contribution in [2.75, 3.05) is 11.9 Å². The summed E-state index contributed by atoms with van der Waals surface area (Å²) < 4.78 is 10.2. The molecule has 0 aliphatic carbocycles. The van der Waals surface area contributed by atoms with Gasteiger partial charge in [0, 0.05) is 12.8 Å². The van der Waals surface area contributed by atoms with Crippen molar-refractivity contribution in [2.45, 2.75) is 33.1 Å². The van der Waals surface area contributed by atoms with Crippen LogP contribution in [-0.2, 0) is 16.0 Å². The van der Waals surface area contributed by atoms with Crippen molar-refractivity contribution in [3.63, 3.8) is 0 Å². The molecule has 0 aliphatic heterocycles. The average molecular weight is 431 g/mol. The third-order valence-corrected chi connectivity index (χ3v) is 6.03. The molecule has 8 nitrogen and oxygen atoms in total. The second kappa shape index (κ2) is 9.45. The second-order valence-electron chi connectivity index (χ2n) is 5.98. The van der Waals surface area contributed by atoms with Gasteiger partial charge in [0.05, 0.1) is 17.0 Å². The average Bonchev–Trinajstić information content (AvgIpc) is 3.42. The summed E-state index contributed by atoms with van der Waals surface area (Å²) in [5.41, 5.74) is 0.794. The molecule has 0 aliphatic rings. The molecule has 0 fully saturated rings. The van der Waals surface area contributed by atoms with Gasteiger partial charge in [-0.15, -0.1) is 22.7 Å². The van der Waals surface area contributed by atoms with Crippen LogP contribution in [-0.4, -0.2) is 28.6 Å². The number of carbonyl (C=O) groups is 2. The van der Waals surface area contributed by atoms with E-state index in [1.165, 1.54) is 11.3 Å². The first kappa shape index (κ1) is 20.7. The van der Waals surface area contributed by atoms with Crippen LogP contribution in [0.15, 0.2) is 22.0 Å². The van der Waals surface area contributed by atoms with Crippen LogP contribution in [0.3, 0.4) is 0 Å². The van der Waals surface area contributed by atoms with Crippen LogP contribution >= 0.6 is 22.7 Å². The van der Waals surface area contributed by atoms with E-state index in [0.29, 0.717) is 40.0 Å². The maximum atomic E-state index is 12.3. The van der Waals surface area contributed by atoms with Gasteiger partial charge in [0.15, 0.2) is 0 Å². The minimum atomic E-state index is -0.495. The number of amides is 1. The van der Waals surface area contributed by atoms with Gasteiger partial charge < -0.3 is 14.6 Å². The summed E-state index contributed by atoms with van der Waals surface area (Å²) in [6.07, 6.45) is 1.19. The lowest BCUT2D eigenvalue weighted by atomic mass is 10.1. The minimum absolute atomic E-state index is 0.216. The van der Waals surface area contributed by atoms with E-state index < -0.39 is 5.97 Å². The standard InChI is InChI=1S/C19H18N4O4S2/c1-3-26-19(25)16-11(2)12(10-20)18(29-16)21-14(24)7-4-8-15-22-17(23-27-15)13-6-5-9-28-13/h5-6,9H,3-4,7-8H2,1-2H3,(H,21,24). The van der Waals surface area contributed by atoms with E-state index >= 15 is 0 Å². The van der Waals surface area contributed by atoms with E-state index in [0.717, 1.165) is 16.2 Å². The third-order valence-electron chi connectivity index (χ3n) is 3.98. The molecule has 0 saturated heterocycles. The molecule has 3 aromatic rings. The SMILES string of the molecule is CCOC(=O)c1sc(NC(=O)CCCc2nc(-c3cccs3)no2)c(C#N)c1C. The number of nitrogens with zero attached hydrogens (tertiary/aromatic N) is 3. The highest BCUT2D eigenvalue weighted by Gasteiger charge is 2.22. The highest BCUT2D eigenvalue weighted by molar-refractivity contribution is 7.18. The number of nitriles is 1. The number of thiophene rings is 2. The number of carbonyl (C=O) groups excluding carboxylic acids is 2. The Morgan fingerprint density at radius 1 is 1.41 bits per heavy atom. The first-order chi connectivity index (χ1) is 14.0. The zero-order valence-electron chi connectivity index (χ0n) is 15.9.